The van der Waals surface area contributed by atoms with Crippen LogP contribution >= 0.6 is 31.7 Å². The second-order valence-corrected chi connectivity index (χ2v) is 33.1. The molecule has 0 spiro atoms. The van der Waals surface area contributed by atoms with Crippen molar-refractivity contribution in [1.82, 2.24) is 0 Å². The average Bonchev–Trinajstić information content (AvgIpc) is 3.28. The Morgan fingerprint density at radius 2 is 0.321 bits per heavy atom. The van der Waals surface area contributed by atoms with Crippen LogP contribution in [0.5, 0.6) is 0 Å². The molecular weight excluding hydrogens is 882 g/mol. The summed E-state index contributed by atoms with van der Waals surface area (Å²) >= 11 is 0.613. The van der Waals surface area contributed by atoms with Crippen LogP contribution < -0.4 is 42.4 Å². The Kier molecular flexibility index (Phi) is 14.3. The molecule has 8 aromatic carbocycles. The number of hydrogen-bond acceptors (Lipinski definition) is 0. The van der Waals surface area contributed by atoms with Gasteiger partial charge in [-0.05, 0) is 0 Å². The third-order valence-electron chi connectivity index (χ3n) is 9.39. The summed E-state index contributed by atoms with van der Waals surface area (Å²) in [4.78, 5) is 0. The van der Waals surface area contributed by atoms with Gasteiger partial charge in [0.2, 0.25) is 0 Å². The topological polar surface area (TPSA) is 0 Å². The zero-order valence-corrected chi connectivity index (χ0v) is 37.9. The molecule has 0 fully saturated rings. The van der Waals surface area contributed by atoms with Crippen molar-refractivity contribution in [2.24, 2.45) is 0 Å². The molecule has 8 aromatic rings. The monoisotopic (exact) mass is 926 g/mol. The van der Waals surface area contributed by atoms with Gasteiger partial charge in [-0.2, -0.15) is 0 Å². The van der Waals surface area contributed by atoms with Crippen molar-refractivity contribution >= 4 is 100 Å². The van der Waals surface area contributed by atoms with E-state index >= 15 is 0 Å². The van der Waals surface area contributed by atoms with Gasteiger partial charge in [0.1, 0.15) is 0 Å². The van der Waals surface area contributed by atoms with E-state index in [0.717, 1.165) is 0 Å². The van der Waals surface area contributed by atoms with Crippen LogP contribution in [0.1, 0.15) is 0 Å². The Hall–Kier alpha value is -3.48. The molecule has 56 heavy (non-hydrogen) atoms. The molecule has 0 atom stereocenters. The summed E-state index contributed by atoms with van der Waals surface area (Å²) in [5.74, 6) is 0. The van der Waals surface area contributed by atoms with Crippen LogP contribution in [0, 0.1) is 0 Å². The van der Waals surface area contributed by atoms with Crippen molar-refractivity contribution < 1.29 is 0 Å². The molecule has 0 unspecified atom stereocenters. The summed E-state index contributed by atoms with van der Waals surface area (Å²) in [5.41, 5.74) is 0. The fourth-order valence-corrected chi connectivity index (χ4v) is 46.9. The van der Waals surface area contributed by atoms with Crippen LogP contribution in [0.15, 0.2) is 243 Å². The fourth-order valence-electron chi connectivity index (χ4n) is 6.83. The molecule has 0 aliphatic rings. The van der Waals surface area contributed by atoms with E-state index in [-0.39, 0.29) is 0 Å². The van der Waals surface area contributed by atoms with Crippen molar-refractivity contribution in [3.63, 3.8) is 0 Å². The standard InChI is InChI=1S/C50H42P4Se2/c1-9-25-41(26-10-1)51(42-27-11-2-12-28-42)49(52(43-29-13-3-14-30-43)44-31-15-4-16-32-44)55-56-50(53(45-33-17-5-18-34-45)46-35-19-6-20-36-46)54(47-37-21-7-22-38-47)48-39-23-8-24-40-48/h1-40,49-50H. The number of rotatable bonds is 15. The third kappa shape index (κ3) is 9.61. The van der Waals surface area contributed by atoms with Gasteiger partial charge in [-0.3, -0.25) is 0 Å². The van der Waals surface area contributed by atoms with Crippen molar-refractivity contribution in [3.8, 4) is 0 Å². The van der Waals surface area contributed by atoms with Crippen LogP contribution in [-0.4, -0.2) is 34.9 Å². The van der Waals surface area contributed by atoms with Crippen molar-refractivity contribution in [2.75, 3.05) is 0 Å². The van der Waals surface area contributed by atoms with Crippen LogP contribution in [0.4, 0.5) is 0 Å². The SMILES string of the molecule is c1ccc(P(c2ccccc2)C([Se][Se]C(P(c2ccccc2)c2ccccc2)P(c2ccccc2)c2ccccc2)P(c2ccccc2)c2ccccc2)cc1. The summed E-state index contributed by atoms with van der Waals surface area (Å²) in [6, 6.07) is 92.2. The molecule has 8 rings (SSSR count). The zero-order chi connectivity index (χ0) is 37.8. The molecule has 0 N–H and O–H groups in total. The van der Waals surface area contributed by atoms with E-state index in [1.807, 2.05) is 0 Å². The summed E-state index contributed by atoms with van der Waals surface area (Å²) in [6.07, 6.45) is 0. The van der Waals surface area contributed by atoms with Gasteiger partial charge in [0.05, 0.1) is 0 Å². The van der Waals surface area contributed by atoms with E-state index in [0.29, 0.717) is 34.9 Å². The maximum atomic E-state index is 2.41. The first-order valence-electron chi connectivity index (χ1n) is 18.7. The summed E-state index contributed by atoms with van der Waals surface area (Å²) in [7, 11) is -2.80. The first-order chi connectivity index (χ1) is 27.8. The Morgan fingerprint density at radius 3 is 0.446 bits per heavy atom. The summed E-state index contributed by atoms with van der Waals surface area (Å²) < 4.78 is 0.966. The van der Waals surface area contributed by atoms with Gasteiger partial charge in [0.15, 0.2) is 0 Å². The first-order valence-corrected chi connectivity index (χ1v) is 30.7. The third-order valence-corrected chi connectivity index (χ3v) is 41.3. The molecule has 0 heterocycles. The van der Waals surface area contributed by atoms with Crippen molar-refractivity contribution in [1.29, 1.82) is 0 Å². The quantitative estimate of drug-likeness (QED) is 0.0711. The summed E-state index contributed by atoms with van der Waals surface area (Å²) in [6.45, 7) is 0. The van der Waals surface area contributed by atoms with Crippen LogP contribution in [0.3, 0.4) is 0 Å². The van der Waals surface area contributed by atoms with Gasteiger partial charge in [-0.1, -0.05) is 0 Å². The second kappa shape index (κ2) is 20.3. The molecule has 0 aliphatic carbocycles. The van der Waals surface area contributed by atoms with E-state index in [1.54, 1.807) is 0 Å². The molecule has 0 aromatic heterocycles. The molecular formula is C50H42P4Se2. The van der Waals surface area contributed by atoms with Crippen molar-refractivity contribution in [3.05, 3.63) is 243 Å². The van der Waals surface area contributed by atoms with Gasteiger partial charge in [-0.15, -0.1) is 0 Å². The molecule has 6 heteroatoms. The van der Waals surface area contributed by atoms with Gasteiger partial charge in [-0.25, -0.2) is 0 Å². The van der Waals surface area contributed by atoms with E-state index in [4.69, 9.17) is 0 Å². The average molecular weight is 925 g/mol. The molecule has 0 nitrogen and oxygen atoms in total. The van der Waals surface area contributed by atoms with Crippen LogP contribution in [-0.2, 0) is 0 Å². The van der Waals surface area contributed by atoms with Gasteiger partial charge >= 0.3 is 352 Å². The Labute approximate surface area is 349 Å². The molecule has 0 amide bonds. The molecule has 0 radical (unpaired) electrons. The second-order valence-electron chi connectivity index (χ2n) is 13.0. The van der Waals surface area contributed by atoms with E-state index in [9.17, 15) is 0 Å². The number of benzene rings is 8. The first kappa shape index (κ1) is 39.3. The summed E-state index contributed by atoms with van der Waals surface area (Å²) in [5, 5.41) is 11.8. The minimum absolute atomic E-state index is 0.306. The van der Waals surface area contributed by atoms with Crippen LogP contribution in [0.25, 0.3) is 0 Å². The molecule has 0 aliphatic heterocycles. The van der Waals surface area contributed by atoms with E-state index in [2.05, 4.69) is 243 Å². The number of hydrogen-bond donors (Lipinski definition) is 0. The molecule has 0 bridgehead atoms. The van der Waals surface area contributed by atoms with Gasteiger partial charge in [0.25, 0.3) is 0 Å². The van der Waals surface area contributed by atoms with Gasteiger partial charge in [0, 0.05) is 0 Å². The molecule has 0 saturated heterocycles. The Bertz CT molecular complexity index is 1830. The molecule has 274 valence electrons. The van der Waals surface area contributed by atoms with Crippen molar-refractivity contribution in [2.45, 2.75) is 8.60 Å². The predicted molar refractivity (Wildman–Crippen MR) is 255 cm³/mol. The normalized spacial score (nSPS) is 11.6. The zero-order valence-electron chi connectivity index (χ0n) is 30.9. The Morgan fingerprint density at radius 1 is 0.196 bits per heavy atom. The predicted octanol–water partition coefficient (Wildman–Crippen LogP) is 9.41. The Balaban J connectivity index is 1.35. The van der Waals surface area contributed by atoms with Gasteiger partial charge < -0.3 is 0 Å². The van der Waals surface area contributed by atoms with Crippen LogP contribution in [0.2, 0.25) is 0 Å². The minimum atomic E-state index is -0.701. The van der Waals surface area contributed by atoms with E-state index in [1.165, 1.54) is 42.4 Å². The van der Waals surface area contributed by atoms with E-state index < -0.39 is 31.7 Å². The molecule has 0 saturated carbocycles. The fraction of sp³-hybridized carbons (Fsp3) is 0.0400. The maximum absolute atomic E-state index is 2.41.